The highest BCUT2D eigenvalue weighted by atomic mass is 16.6. The maximum Gasteiger partial charge on any atom is 0.410 e. The van der Waals surface area contributed by atoms with Gasteiger partial charge in [-0.3, -0.25) is 9.59 Å². The molecule has 0 unspecified atom stereocenters. The highest BCUT2D eigenvalue weighted by Crippen LogP contribution is 2.21. The molecule has 0 radical (unpaired) electrons. The molecular formula is C26H34N4O4. The molecular weight excluding hydrogens is 432 g/mol. The van der Waals surface area contributed by atoms with Crippen LogP contribution in [0.4, 0.5) is 10.5 Å². The van der Waals surface area contributed by atoms with E-state index in [2.05, 4.69) is 10.6 Å². The van der Waals surface area contributed by atoms with Gasteiger partial charge in [-0.1, -0.05) is 42.5 Å². The van der Waals surface area contributed by atoms with Gasteiger partial charge in [0.15, 0.2) is 0 Å². The molecule has 2 N–H and O–H groups in total. The third-order valence-electron chi connectivity index (χ3n) is 5.80. The molecule has 3 amide bonds. The fourth-order valence-corrected chi connectivity index (χ4v) is 3.75. The quantitative estimate of drug-likeness (QED) is 0.593. The molecule has 0 atom stereocenters. The largest absolute Gasteiger partial charge is 0.445 e. The summed E-state index contributed by atoms with van der Waals surface area (Å²) in [6.07, 6.45) is 1.15. The van der Waals surface area contributed by atoms with Crippen LogP contribution in [0.15, 0.2) is 54.6 Å². The number of hydrogen-bond acceptors (Lipinski definition) is 5. The van der Waals surface area contributed by atoms with E-state index in [1.807, 2.05) is 73.6 Å². The summed E-state index contributed by atoms with van der Waals surface area (Å²) >= 11 is 0. The van der Waals surface area contributed by atoms with Gasteiger partial charge in [-0.2, -0.15) is 0 Å². The van der Waals surface area contributed by atoms with Crippen molar-refractivity contribution in [3.8, 4) is 0 Å². The van der Waals surface area contributed by atoms with Crippen LogP contribution in [-0.4, -0.2) is 68.0 Å². The fraction of sp³-hybridized carbons (Fsp3) is 0.423. The second kappa shape index (κ2) is 12.7. The van der Waals surface area contributed by atoms with Crippen molar-refractivity contribution in [2.45, 2.75) is 25.9 Å². The summed E-state index contributed by atoms with van der Waals surface area (Å²) in [7, 11) is 3.92. The smallest absolute Gasteiger partial charge is 0.410 e. The lowest BCUT2D eigenvalue weighted by molar-refractivity contribution is -0.121. The lowest BCUT2D eigenvalue weighted by Crippen LogP contribution is -2.41. The molecule has 1 aliphatic rings. The van der Waals surface area contributed by atoms with Crippen LogP contribution in [0.25, 0.3) is 0 Å². The summed E-state index contributed by atoms with van der Waals surface area (Å²) < 4.78 is 5.39. The first-order valence-electron chi connectivity index (χ1n) is 11.7. The van der Waals surface area contributed by atoms with Gasteiger partial charge in [-0.25, -0.2) is 4.79 Å². The number of hydrogen-bond donors (Lipinski definition) is 2. The predicted molar refractivity (Wildman–Crippen MR) is 131 cm³/mol. The molecule has 1 fully saturated rings. The van der Waals surface area contributed by atoms with Crippen LogP contribution in [0.3, 0.4) is 0 Å². The molecule has 8 heteroatoms. The van der Waals surface area contributed by atoms with Crippen molar-refractivity contribution in [3.05, 3.63) is 65.7 Å². The number of carbonyl (C=O) groups excluding carboxylic acids is 3. The Balaban J connectivity index is 1.38. The number of carbonyl (C=O) groups is 3. The molecule has 2 aromatic rings. The Labute approximate surface area is 201 Å². The van der Waals surface area contributed by atoms with Gasteiger partial charge in [0.05, 0.1) is 6.42 Å². The van der Waals surface area contributed by atoms with Crippen LogP contribution in [0.1, 0.15) is 24.0 Å². The van der Waals surface area contributed by atoms with Crippen LogP contribution < -0.4 is 10.6 Å². The Kier molecular flexibility index (Phi) is 9.46. The molecule has 34 heavy (non-hydrogen) atoms. The van der Waals surface area contributed by atoms with Crippen molar-refractivity contribution in [1.82, 2.24) is 15.1 Å². The van der Waals surface area contributed by atoms with Crippen molar-refractivity contribution in [3.63, 3.8) is 0 Å². The zero-order valence-electron chi connectivity index (χ0n) is 20.0. The number of nitrogens with one attached hydrogen (secondary N) is 2. The number of likely N-dealkylation sites (tertiary alicyclic amines) is 1. The predicted octanol–water partition coefficient (Wildman–Crippen LogP) is 2.89. The van der Waals surface area contributed by atoms with E-state index in [9.17, 15) is 14.4 Å². The van der Waals surface area contributed by atoms with Gasteiger partial charge in [-0.15, -0.1) is 0 Å². The standard InChI is InChI=1S/C26H34N4O4/c1-29(2)17-14-27-24(31)18-20-8-10-23(11-9-20)28-25(32)22-12-15-30(16-13-22)26(33)34-19-21-6-4-3-5-7-21/h3-11,22H,12-19H2,1-2H3,(H,27,31)(H,28,32). The number of benzene rings is 2. The van der Waals surface area contributed by atoms with E-state index in [4.69, 9.17) is 4.74 Å². The third kappa shape index (κ3) is 8.19. The molecule has 8 nitrogen and oxygen atoms in total. The van der Waals surface area contributed by atoms with Crippen molar-refractivity contribution in [2.75, 3.05) is 45.6 Å². The Morgan fingerprint density at radius 2 is 1.65 bits per heavy atom. The highest BCUT2D eigenvalue weighted by Gasteiger charge is 2.28. The van der Waals surface area contributed by atoms with Gasteiger partial charge >= 0.3 is 6.09 Å². The van der Waals surface area contributed by atoms with Crippen LogP contribution >= 0.6 is 0 Å². The Morgan fingerprint density at radius 1 is 0.971 bits per heavy atom. The summed E-state index contributed by atoms with van der Waals surface area (Å²) in [6, 6.07) is 16.9. The van der Waals surface area contributed by atoms with Crippen LogP contribution in [0, 0.1) is 5.92 Å². The van der Waals surface area contributed by atoms with Gasteiger partial charge in [0.1, 0.15) is 6.61 Å². The Bertz CT molecular complexity index is 939. The summed E-state index contributed by atoms with van der Waals surface area (Å²) in [4.78, 5) is 40.7. The van der Waals surface area contributed by atoms with Gasteiger partial charge in [-0.05, 0) is 50.2 Å². The first-order valence-corrected chi connectivity index (χ1v) is 11.7. The normalized spacial score (nSPS) is 14.0. The van der Waals surface area contributed by atoms with Crippen molar-refractivity contribution in [1.29, 1.82) is 0 Å². The number of anilines is 1. The number of rotatable bonds is 9. The van der Waals surface area contributed by atoms with Crippen LogP contribution in [-0.2, 0) is 27.4 Å². The molecule has 0 spiro atoms. The van der Waals surface area contributed by atoms with E-state index in [0.29, 0.717) is 44.6 Å². The minimum atomic E-state index is -0.343. The maximum atomic E-state index is 12.7. The highest BCUT2D eigenvalue weighted by molar-refractivity contribution is 5.92. The molecule has 182 valence electrons. The molecule has 1 saturated heterocycles. The summed E-state index contributed by atoms with van der Waals surface area (Å²) in [5.41, 5.74) is 2.54. The van der Waals surface area contributed by atoms with E-state index in [1.165, 1.54) is 0 Å². The van der Waals surface area contributed by atoms with E-state index >= 15 is 0 Å². The topological polar surface area (TPSA) is 91.0 Å². The number of amides is 3. The second-order valence-electron chi connectivity index (χ2n) is 8.82. The monoisotopic (exact) mass is 466 g/mol. The minimum Gasteiger partial charge on any atom is -0.445 e. The van der Waals surface area contributed by atoms with Crippen LogP contribution in [0.5, 0.6) is 0 Å². The van der Waals surface area contributed by atoms with Gasteiger partial charge in [0.2, 0.25) is 11.8 Å². The first-order chi connectivity index (χ1) is 16.4. The first kappa shape index (κ1) is 25.2. The number of nitrogens with zero attached hydrogens (tertiary/aromatic N) is 2. The van der Waals surface area contributed by atoms with Gasteiger partial charge in [0.25, 0.3) is 0 Å². The number of ether oxygens (including phenoxy) is 1. The van der Waals surface area contributed by atoms with E-state index in [1.54, 1.807) is 4.90 Å². The number of piperidine rings is 1. The summed E-state index contributed by atoms with van der Waals surface area (Å²) in [5.74, 6) is -0.223. The lowest BCUT2D eigenvalue weighted by atomic mass is 9.96. The minimum absolute atomic E-state index is 0.0207. The third-order valence-corrected chi connectivity index (χ3v) is 5.80. The molecule has 2 aromatic carbocycles. The van der Waals surface area contributed by atoms with E-state index < -0.39 is 0 Å². The van der Waals surface area contributed by atoms with E-state index in [-0.39, 0.29) is 30.4 Å². The molecule has 0 bridgehead atoms. The van der Waals surface area contributed by atoms with Crippen molar-refractivity contribution >= 4 is 23.6 Å². The maximum absolute atomic E-state index is 12.7. The number of likely N-dealkylation sites (N-methyl/N-ethyl adjacent to an activating group) is 1. The zero-order chi connectivity index (χ0) is 24.3. The van der Waals surface area contributed by atoms with Crippen LogP contribution in [0.2, 0.25) is 0 Å². The van der Waals surface area contributed by atoms with Gasteiger partial charge in [0, 0.05) is 37.8 Å². The molecule has 1 aliphatic heterocycles. The lowest BCUT2D eigenvalue weighted by Gasteiger charge is -2.30. The average Bonchev–Trinajstić information content (AvgIpc) is 2.84. The Hall–Kier alpha value is -3.39. The second-order valence-corrected chi connectivity index (χ2v) is 8.82. The summed E-state index contributed by atoms with van der Waals surface area (Å²) in [5, 5.41) is 5.84. The fourth-order valence-electron chi connectivity index (χ4n) is 3.75. The van der Waals surface area contributed by atoms with Crippen molar-refractivity contribution in [2.24, 2.45) is 5.92 Å². The molecule has 3 rings (SSSR count). The average molecular weight is 467 g/mol. The Morgan fingerprint density at radius 3 is 2.29 bits per heavy atom. The van der Waals surface area contributed by atoms with E-state index in [0.717, 1.165) is 17.7 Å². The molecule has 0 aliphatic carbocycles. The van der Waals surface area contributed by atoms with Crippen molar-refractivity contribution < 1.29 is 19.1 Å². The van der Waals surface area contributed by atoms with Gasteiger partial charge < -0.3 is 25.2 Å². The zero-order valence-corrected chi connectivity index (χ0v) is 20.0. The molecule has 1 heterocycles. The molecule has 0 saturated carbocycles. The molecule has 0 aromatic heterocycles. The summed E-state index contributed by atoms with van der Waals surface area (Å²) in [6.45, 7) is 2.64. The SMILES string of the molecule is CN(C)CCNC(=O)Cc1ccc(NC(=O)C2CCN(C(=O)OCc3ccccc3)CC2)cc1.